The lowest BCUT2D eigenvalue weighted by molar-refractivity contribution is -0.599. The molecule has 0 radical (unpaired) electrons. The van der Waals surface area contributed by atoms with Crippen LogP contribution in [0.3, 0.4) is 0 Å². The van der Waals surface area contributed by atoms with E-state index in [4.69, 9.17) is 9.72 Å². The van der Waals surface area contributed by atoms with Gasteiger partial charge in [-0.3, -0.25) is 13.7 Å². The van der Waals surface area contributed by atoms with Gasteiger partial charge in [-0.1, -0.05) is 160 Å². The van der Waals surface area contributed by atoms with Crippen LogP contribution in [-0.2, 0) is 21.7 Å². The Kier molecular flexibility index (Phi) is 10.3. The summed E-state index contributed by atoms with van der Waals surface area (Å²) in [6.07, 6.45) is 9.74. The first kappa shape index (κ1) is 41.6. The Labute approximate surface area is 373 Å². The van der Waals surface area contributed by atoms with Crippen LogP contribution in [0.2, 0.25) is 0 Å². The van der Waals surface area contributed by atoms with Crippen LogP contribution in [0, 0.1) is 6.33 Å². The molecule has 9 rings (SSSR count). The molecule has 0 saturated carbocycles. The molecule has 316 valence electrons. The number of pyridine rings is 1. The summed E-state index contributed by atoms with van der Waals surface area (Å²) >= 11 is 0. The Balaban J connectivity index is 1.18. The summed E-state index contributed by atoms with van der Waals surface area (Å²) in [5.74, 6) is 2.42. The highest BCUT2D eigenvalue weighted by Crippen LogP contribution is 2.43. The molecule has 0 atom stereocenters. The molecule has 5 nitrogen and oxygen atoms in total. The predicted octanol–water partition coefficient (Wildman–Crippen LogP) is 14.1. The molecule has 0 aliphatic carbocycles. The Bertz CT molecular complexity index is 3100. The van der Waals surface area contributed by atoms with Crippen molar-refractivity contribution in [2.24, 2.45) is 0 Å². The van der Waals surface area contributed by atoms with Gasteiger partial charge in [0.05, 0.1) is 22.4 Å². The summed E-state index contributed by atoms with van der Waals surface area (Å²) in [5, 5.41) is 2.42. The largest absolute Gasteiger partial charge is 0.458 e. The molecular formula is C58H58N4O. The van der Waals surface area contributed by atoms with Crippen LogP contribution in [0.25, 0.3) is 39.0 Å². The van der Waals surface area contributed by atoms with Crippen LogP contribution >= 0.6 is 0 Å². The van der Waals surface area contributed by atoms with Crippen molar-refractivity contribution in [2.75, 3.05) is 0 Å². The smallest absolute Gasteiger partial charge is 0.268 e. The van der Waals surface area contributed by atoms with Crippen molar-refractivity contribution in [1.82, 2.24) is 14.1 Å². The van der Waals surface area contributed by atoms with E-state index in [9.17, 15) is 0 Å². The molecule has 0 saturated heterocycles. The molecule has 0 amide bonds. The third kappa shape index (κ3) is 7.86. The van der Waals surface area contributed by atoms with E-state index in [2.05, 4.69) is 253 Å². The second kappa shape index (κ2) is 15.6. The maximum absolute atomic E-state index is 7.14. The van der Waals surface area contributed by atoms with E-state index < -0.39 is 0 Å². The van der Waals surface area contributed by atoms with Gasteiger partial charge in [-0.05, 0) is 98.8 Å². The summed E-state index contributed by atoms with van der Waals surface area (Å²) in [6, 6.07) is 54.3. The third-order valence-electron chi connectivity index (χ3n) is 12.9. The van der Waals surface area contributed by atoms with E-state index >= 15 is 0 Å². The molecular weight excluding hydrogens is 769 g/mol. The fourth-order valence-electron chi connectivity index (χ4n) is 8.94. The summed E-state index contributed by atoms with van der Waals surface area (Å²) in [4.78, 5) is 4.98. The zero-order chi connectivity index (χ0) is 44.3. The van der Waals surface area contributed by atoms with Gasteiger partial charge in [0.1, 0.15) is 17.3 Å². The van der Waals surface area contributed by atoms with Crippen LogP contribution in [0.4, 0.5) is 0 Å². The Morgan fingerprint density at radius 1 is 0.524 bits per heavy atom. The molecule has 0 unspecified atom stereocenters. The molecule has 3 heterocycles. The lowest BCUT2D eigenvalue weighted by Crippen LogP contribution is -2.29. The van der Waals surface area contributed by atoms with E-state index in [0.29, 0.717) is 0 Å². The summed E-state index contributed by atoms with van der Waals surface area (Å²) in [5.41, 5.74) is 10.8. The monoisotopic (exact) mass is 826 g/mol. The van der Waals surface area contributed by atoms with Gasteiger partial charge >= 0.3 is 0 Å². The predicted molar refractivity (Wildman–Crippen MR) is 259 cm³/mol. The maximum Gasteiger partial charge on any atom is 0.268 e. The number of ether oxygens (including phenoxy) is 1. The zero-order valence-corrected chi connectivity index (χ0v) is 38.4. The second-order valence-corrected chi connectivity index (χ2v) is 20.1. The molecule has 63 heavy (non-hydrogen) atoms. The van der Waals surface area contributed by atoms with E-state index in [0.717, 1.165) is 45.3 Å². The molecule has 5 heteroatoms. The Morgan fingerprint density at radius 3 is 1.84 bits per heavy atom. The van der Waals surface area contributed by atoms with E-state index in [1.807, 2.05) is 6.20 Å². The van der Waals surface area contributed by atoms with Gasteiger partial charge in [-0.25, -0.2) is 4.98 Å². The number of benzene rings is 6. The Hall–Kier alpha value is -6.72. The van der Waals surface area contributed by atoms with E-state index in [1.54, 1.807) is 0 Å². The van der Waals surface area contributed by atoms with E-state index in [-0.39, 0.29) is 21.7 Å². The standard InChI is InChI=1S/C58H58N4O/c1-55(2,3)42-28-29-59-53(35-42)62-51-27-18-17-26-49(51)54-50(56(4,5)6)37-48(38-52(54)62)63-47-34-44(58(9,10)41-22-15-12-16-23-41)33-46(36-47)61-31-30-60(39-61)45-25-19-24-43(32-45)57(7,8)40-20-13-11-14-21-40/h11-38H,1-10H3. The highest BCUT2D eigenvalue weighted by molar-refractivity contribution is 6.11. The summed E-state index contributed by atoms with van der Waals surface area (Å²) in [6.45, 7) is 22.7. The molecule has 0 aliphatic rings. The minimum absolute atomic E-state index is 0.0305. The number of imidazole rings is 1. The van der Waals surface area contributed by atoms with Crippen LogP contribution in [0.1, 0.15) is 103 Å². The Morgan fingerprint density at radius 2 is 1.16 bits per heavy atom. The van der Waals surface area contributed by atoms with Crippen molar-refractivity contribution in [3.05, 3.63) is 210 Å². The van der Waals surface area contributed by atoms with Gasteiger partial charge in [0.25, 0.3) is 6.33 Å². The number of hydrogen-bond acceptors (Lipinski definition) is 2. The minimum atomic E-state index is -0.327. The highest BCUT2D eigenvalue weighted by atomic mass is 16.5. The molecule has 0 fully saturated rings. The minimum Gasteiger partial charge on any atom is -0.458 e. The van der Waals surface area contributed by atoms with Crippen molar-refractivity contribution in [2.45, 2.75) is 90.9 Å². The van der Waals surface area contributed by atoms with Crippen molar-refractivity contribution < 1.29 is 9.30 Å². The topological polar surface area (TPSA) is 35.9 Å². The first-order chi connectivity index (χ1) is 30.0. The third-order valence-corrected chi connectivity index (χ3v) is 12.9. The van der Waals surface area contributed by atoms with E-state index in [1.165, 1.54) is 38.6 Å². The normalized spacial score (nSPS) is 12.6. The highest BCUT2D eigenvalue weighted by Gasteiger charge is 2.28. The fourth-order valence-corrected chi connectivity index (χ4v) is 8.94. The van der Waals surface area contributed by atoms with Crippen molar-refractivity contribution >= 4 is 21.8 Å². The van der Waals surface area contributed by atoms with Crippen LogP contribution in [0.15, 0.2) is 170 Å². The SMILES string of the molecule is CC(C)(C)c1ccnc(-n2c3ccccc3c3c(C(C)(C)C)cc(Oc4cc(-n5[c-][n+](-c6cccc(C(C)(C)c7ccccc7)c6)cc5)cc(C(C)(C)c5ccccc5)c4)cc32)c1. The van der Waals surface area contributed by atoms with Crippen molar-refractivity contribution in [1.29, 1.82) is 0 Å². The van der Waals surface area contributed by atoms with Crippen LogP contribution in [-0.4, -0.2) is 14.1 Å². The number of hydrogen-bond donors (Lipinski definition) is 0. The number of aromatic nitrogens is 4. The van der Waals surface area contributed by atoms with Crippen molar-refractivity contribution in [3.63, 3.8) is 0 Å². The molecule has 9 aromatic rings. The van der Waals surface area contributed by atoms with Gasteiger partial charge in [0.2, 0.25) is 0 Å². The first-order valence-electron chi connectivity index (χ1n) is 22.1. The fraction of sp³-hybridized carbons (Fsp3) is 0.241. The molecule has 3 aromatic heterocycles. The molecule has 6 aromatic carbocycles. The van der Waals surface area contributed by atoms with Gasteiger partial charge < -0.3 is 4.74 Å². The van der Waals surface area contributed by atoms with Gasteiger partial charge in [0, 0.05) is 46.3 Å². The van der Waals surface area contributed by atoms with Crippen LogP contribution < -0.4 is 9.30 Å². The number of rotatable bonds is 9. The number of para-hydroxylation sites is 1. The number of nitrogens with zero attached hydrogens (tertiary/aromatic N) is 4. The molecule has 0 aliphatic heterocycles. The van der Waals surface area contributed by atoms with Gasteiger partial charge in [-0.15, -0.1) is 0 Å². The second-order valence-electron chi connectivity index (χ2n) is 20.1. The average molecular weight is 827 g/mol. The zero-order valence-electron chi connectivity index (χ0n) is 38.4. The number of fused-ring (bicyclic) bond motifs is 3. The van der Waals surface area contributed by atoms with Gasteiger partial charge in [-0.2, -0.15) is 0 Å². The first-order valence-corrected chi connectivity index (χ1v) is 22.1. The molecule has 0 spiro atoms. The molecule has 0 bridgehead atoms. The lowest BCUT2D eigenvalue weighted by Gasteiger charge is -2.28. The quantitative estimate of drug-likeness (QED) is 0.107. The average Bonchev–Trinajstić information content (AvgIpc) is 3.90. The van der Waals surface area contributed by atoms with Crippen LogP contribution in [0.5, 0.6) is 11.5 Å². The summed E-state index contributed by atoms with van der Waals surface area (Å²) < 4.78 is 13.6. The maximum atomic E-state index is 7.14. The van der Waals surface area contributed by atoms with Gasteiger partial charge in [0.15, 0.2) is 0 Å². The summed E-state index contributed by atoms with van der Waals surface area (Å²) in [7, 11) is 0. The molecule has 0 N–H and O–H groups in total. The van der Waals surface area contributed by atoms with Crippen molar-refractivity contribution in [3.8, 4) is 28.7 Å². The lowest BCUT2D eigenvalue weighted by atomic mass is 9.78.